The fourth-order valence-corrected chi connectivity index (χ4v) is 1.48. The van der Waals surface area contributed by atoms with Crippen LogP contribution in [-0.4, -0.2) is 31.3 Å². The van der Waals surface area contributed by atoms with Crippen LogP contribution in [0.25, 0.3) is 0 Å². The van der Waals surface area contributed by atoms with Crippen molar-refractivity contribution in [1.29, 1.82) is 0 Å². The summed E-state index contributed by atoms with van der Waals surface area (Å²) in [6.45, 7) is 4.13. The summed E-state index contributed by atoms with van der Waals surface area (Å²) in [5.41, 5.74) is 0. The number of rotatable bonds is 5. The van der Waals surface area contributed by atoms with Gasteiger partial charge in [-0.25, -0.2) is 8.42 Å². The molecule has 0 amide bonds. The Hall–Kier alpha value is 0.610. The largest absolute Gasteiger partial charge is 1.00 e. The molecule has 0 aromatic carbocycles. The SMILES string of the molecule is C/C=C/CNC(C)CS(=O)(=O)[O-].[Na+]. The molecule has 0 aliphatic heterocycles. The van der Waals surface area contributed by atoms with Gasteiger partial charge in [0.15, 0.2) is 0 Å². The second kappa shape index (κ2) is 7.96. The van der Waals surface area contributed by atoms with Crippen molar-refractivity contribution < 1.29 is 42.5 Å². The Kier molecular flexibility index (Phi) is 9.83. The molecule has 0 radical (unpaired) electrons. The number of allylic oxidation sites excluding steroid dienone is 1. The summed E-state index contributed by atoms with van der Waals surface area (Å²) in [6.07, 6.45) is 3.71. The molecule has 6 heteroatoms. The van der Waals surface area contributed by atoms with E-state index in [2.05, 4.69) is 5.32 Å². The van der Waals surface area contributed by atoms with Crippen molar-refractivity contribution in [2.75, 3.05) is 12.3 Å². The zero-order chi connectivity index (χ0) is 9.61. The molecule has 0 spiro atoms. The van der Waals surface area contributed by atoms with E-state index in [0.717, 1.165) is 0 Å². The third-order valence-corrected chi connectivity index (χ3v) is 2.18. The van der Waals surface area contributed by atoms with Gasteiger partial charge in [0, 0.05) is 12.6 Å². The van der Waals surface area contributed by atoms with Gasteiger partial charge in [-0.1, -0.05) is 12.2 Å². The van der Waals surface area contributed by atoms with Gasteiger partial charge in [0.2, 0.25) is 0 Å². The van der Waals surface area contributed by atoms with Crippen molar-refractivity contribution in [1.82, 2.24) is 5.32 Å². The maximum atomic E-state index is 10.3. The Morgan fingerprint density at radius 1 is 1.54 bits per heavy atom. The van der Waals surface area contributed by atoms with Crippen LogP contribution in [-0.2, 0) is 10.1 Å². The average molecular weight is 215 g/mol. The molecule has 1 N–H and O–H groups in total. The van der Waals surface area contributed by atoms with E-state index >= 15 is 0 Å². The van der Waals surface area contributed by atoms with Gasteiger partial charge in [-0.3, -0.25) is 0 Å². The molecule has 0 fully saturated rings. The zero-order valence-corrected chi connectivity index (χ0v) is 11.1. The van der Waals surface area contributed by atoms with Crippen molar-refractivity contribution in [3.8, 4) is 0 Å². The Morgan fingerprint density at radius 2 is 2.08 bits per heavy atom. The summed E-state index contributed by atoms with van der Waals surface area (Å²) >= 11 is 0. The van der Waals surface area contributed by atoms with Crippen molar-refractivity contribution in [2.45, 2.75) is 19.9 Å². The molecule has 0 saturated heterocycles. The molecule has 1 unspecified atom stereocenters. The molecule has 1 atom stereocenters. The molecule has 13 heavy (non-hydrogen) atoms. The first-order chi connectivity index (χ1) is 5.45. The van der Waals surface area contributed by atoms with Crippen LogP contribution in [0, 0.1) is 0 Å². The van der Waals surface area contributed by atoms with Crippen molar-refractivity contribution in [2.24, 2.45) is 0 Å². The van der Waals surface area contributed by atoms with Crippen LogP contribution < -0.4 is 34.9 Å². The minimum Gasteiger partial charge on any atom is -0.748 e. The first kappa shape index (κ1) is 16.1. The Morgan fingerprint density at radius 3 is 2.46 bits per heavy atom. The van der Waals surface area contributed by atoms with Crippen LogP contribution in [0.4, 0.5) is 0 Å². The quantitative estimate of drug-likeness (QED) is 0.303. The Balaban J connectivity index is 0. The first-order valence-corrected chi connectivity index (χ1v) is 5.31. The van der Waals surface area contributed by atoms with Crippen molar-refractivity contribution >= 4 is 10.1 Å². The summed E-state index contributed by atoms with van der Waals surface area (Å²) in [5, 5.41) is 2.87. The summed E-state index contributed by atoms with van der Waals surface area (Å²) in [7, 11) is -4.10. The van der Waals surface area contributed by atoms with Gasteiger partial charge in [-0.15, -0.1) is 0 Å². The maximum Gasteiger partial charge on any atom is 1.00 e. The molecule has 0 saturated carbocycles. The van der Waals surface area contributed by atoms with E-state index in [1.807, 2.05) is 19.1 Å². The number of nitrogens with one attached hydrogen (secondary N) is 1. The molecule has 4 nitrogen and oxygen atoms in total. The van der Waals surface area contributed by atoms with Gasteiger partial charge in [0.25, 0.3) is 0 Å². The zero-order valence-electron chi connectivity index (χ0n) is 8.28. The van der Waals surface area contributed by atoms with E-state index in [-0.39, 0.29) is 41.4 Å². The second-order valence-electron chi connectivity index (χ2n) is 2.60. The summed E-state index contributed by atoms with van der Waals surface area (Å²) in [6, 6.07) is -0.288. The van der Waals surface area contributed by atoms with Crippen LogP contribution in [0.1, 0.15) is 13.8 Å². The normalized spacial score (nSPS) is 14.1. The minimum absolute atomic E-state index is 0. The van der Waals surface area contributed by atoms with E-state index in [0.29, 0.717) is 6.54 Å². The van der Waals surface area contributed by atoms with E-state index in [4.69, 9.17) is 0 Å². The average Bonchev–Trinajstić information content (AvgIpc) is 1.84. The van der Waals surface area contributed by atoms with Crippen molar-refractivity contribution in [3.05, 3.63) is 12.2 Å². The minimum atomic E-state index is -4.10. The van der Waals surface area contributed by atoms with Crippen LogP contribution in [0.15, 0.2) is 12.2 Å². The summed E-state index contributed by atoms with van der Waals surface area (Å²) in [4.78, 5) is 0. The van der Waals surface area contributed by atoms with E-state index in [1.165, 1.54) is 0 Å². The molecule has 0 aromatic rings. The van der Waals surface area contributed by atoms with E-state index < -0.39 is 10.1 Å². The Labute approximate surface area is 102 Å². The molecule has 0 aliphatic carbocycles. The second-order valence-corrected chi connectivity index (χ2v) is 4.05. The molecule has 0 bridgehead atoms. The first-order valence-electron chi connectivity index (χ1n) is 3.74. The van der Waals surface area contributed by atoms with E-state index in [1.54, 1.807) is 6.92 Å². The van der Waals surface area contributed by atoms with Gasteiger partial charge in [-0.05, 0) is 13.8 Å². The van der Waals surface area contributed by atoms with Gasteiger partial charge in [0.1, 0.15) is 0 Å². The van der Waals surface area contributed by atoms with Crippen LogP contribution >= 0.6 is 0 Å². The van der Waals surface area contributed by atoms with Gasteiger partial charge in [-0.2, -0.15) is 0 Å². The predicted octanol–water partition coefficient (Wildman–Crippen LogP) is -2.91. The Bertz CT molecular complexity index is 238. The van der Waals surface area contributed by atoms with Crippen LogP contribution in [0.3, 0.4) is 0 Å². The molecule has 0 aliphatic rings. The number of hydrogen-bond acceptors (Lipinski definition) is 4. The van der Waals surface area contributed by atoms with Gasteiger partial charge < -0.3 is 9.87 Å². The van der Waals surface area contributed by atoms with Gasteiger partial charge in [0.05, 0.1) is 15.9 Å². The summed E-state index contributed by atoms with van der Waals surface area (Å²) in [5.74, 6) is -0.357. The molecule has 0 rings (SSSR count). The molecule has 72 valence electrons. The fraction of sp³-hybridized carbons (Fsp3) is 0.714. The van der Waals surface area contributed by atoms with Crippen molar-refractivity contribution in [3.63, 3.8) is 0 Å². The molecular weight excluding hydrogens is 201 g/mol. The molecular formula is C7H14NNaO3S. The smallest absolute Gasteiger partial charge is 0.748 e. The molecule has 0 aromatic heterocycles. The third-order valence-electron chi connectivity index (χ3n) is 1.27. The van der Waals surface area contributed by atoms with Crippen LogP contribution in [0.2, 0.25) is 0 Å². The standard InChI is InChI=1S/C7H15NO3S.Na/c1-3-4-5-8-7(2)6-12(9,10)11;/h3-4,7-8H,5-6H2,1-2H3,(H,9,10,11);/q;+1/p-1/b4-3+;. The van der Waals surface area contributed by atoms with Crippen LogP contribution in [0.5, 0.6) is 0 Å². The topological polar surface area (TPSA) is 69.2 Å². The fourth-order valence-electron chi connectivity index (χ4n) is 0.752. The number of hydrogen-bond donors (Lipinski definition) is 1. The summed E-state index contributed by atoms with van der Waals surface area (Å²) < 4.78 is 30.8. The maximum absolute atomic E-state index is 10.3. The van der Waals surface area contributed by atoms with E-state index in [9.17, 15) is 13.0 Å². The van der Waals surface area contributed by atoms with Gasteiger partial charge >= 0.3 is 29.6 Å². The third kappa shape index (κ3) is 12.6. The predicted molar refractivity (Wildman–Crippen MR) is 46.8 cm³/mol. The monoisotopic (exact) mass is 215 g/mol. The molecule has 0 heterocycles.